The Bertz CT molecular complexity index is 818. The SMILES string of the molecule is COCc1c(C#N)nnn1-c1ccc(Cc2ccncc2)cc1. The van der Waals surface area contributed by atoms with Crippen LogP contribution in [-0.4, -0.2) is 27.1 Å². The van der Waals surface area contributed by atoms with E-state index in [-0.39, 0.29) is 12.3 Å². The lowest BCUT2D eigenvalue weighted by molar-refractivity contribution is 0.179. The van der Waals surface area contributed by atoms with Gasteiger partial charge in [0, 0.05) is 19.5 Å². The summed E-state index contributed by atoms with van der Waals surface area (Å²) < 4.78 is 6.77. The first-order chi connectivity index (χ1) is 11.3. The van der Waals surface area contributed by atoms with Crippen LogP contribution in [0.3, 0.4) is 0 Å². The molecule has 0 unspecified atom stereocenters. The first-order valence-corrected chi connectivity index (χ1v) is 7.13. The molecule has 0 N–H and O–H groups in total. The molecule has 0 fully saturated rings. The van der Waals surface area contributed by atoms with E-state index < -0.39 is 0 Å². The molecule has 0 aliphatic carbocycles. The van der Waals surface area contributed by atoms with Gasteiger partial charge in [-0.25, -0.2) is 4.68 Å². The Balaban J connectivity index is 1.85. The van der Waals surface area contributed by atoms with Crippen molar-refractivity contribution in [2.75, 3.05) is 7.11 Å². The van der Waals surface area contributed by atoms with E-state index in [0.29, 0.717) is 5.69 Å². The highest BCUT2D eigenvalue weighted by molar-refractivity contribution is 5.39. The maximum Gasteiger partial charge on any atom is 0.188 e. The van der Waals surface area contributed by atoms with Crippen molar-refractivity contribution >= 4 is 0 Å². The minimum Gasteiger partial charge on any atom is -0.378 e. The first kappa shape index (κ1) is 14.9. The molecule has 0 radical (unpaired) electrons. The Hall–Kier alpha value is -3.04. The summed E-state index contributed by atoms with van der Waals surface area (Å²) in [6, 6.07) is 14.0. The number of hydrogen-bond donors (Lipinski definition) is 0. The molecule has 6 nitrogen and oxygen atoms in total. The molecule has 0 atom stereocenters. The number of ether oxygens (including phenoxy) is 1. The third kappa shape index (κ3) is 3.25. The Morgan fingerprint density at radius 2 is 1.78 bits per heavy atom. The molecule has 0 bridgehead atoms. The zero-order valence-electron chi connectivity index (χ0n) is 12.7. The maximum absolute atomic E-state index is 9.09. The number of pyridine rings is 1. The van der Waals surface area contributed by atoms with E-state index in [4.69, 9.17) is 10.00 Å². The third-order valence-electron chi connectivity index (χ3n) is 3.49. The molecular formula is C17H15N5O. The zero-order chi connectivity index (χ0) is 16.1. The Kier molecular flexibility index (Phi) is 4.41. The topological polar surface area (TPSA) is 76.6 Å². The van der Waals surface area contributed by atoms with Crippen LogP contribution in [0.15, 0.2) is 48.8 Å². The zero-order valence-corrected chi connectivity index (χ0v) is 12.7. The van der Waals surface area contributed by atoms with Gasteiger partial charge in [0.25, 0.3) is 0 Å². The average Bonchev–Trinajstić information content (AvgIpc) is 3.00. The van der Waals surface area contributed by atoms with E-state index >= 15 is 0 Å². The summed E-state index contributed by atoms with van der Waals surface area (Å²) in [4.78, 5) is 4.02. The van der Waals surface area contributed by atoms with Crippen molar-refractivity contribution in [1.29, 1.82) is 5.26 Å². The van der Waals surface area contributed by atoms with E-state index in [1.165, 1.54) is 11.1 Å². The van der Waals surface area contributed by atoms with Gasteiger partial charge < -0.3 is 4.74 Å². The minimum atomic E-state index is 0.285. The van der Waals surface area contributed by atoms with E-state index in [2.05, 4.69) is 15.3 Å². The second kappa shape index (κ2) is 6.81. The van der Waals surface area contributed by atoms with Crippen LogP contribution in [0, 0.1) is 11.3 Å². The third-order valence-corrected chi connectivity index (χ3v) is 3.49. The smallest absolute Gasteiger partial charge is 0.188 e. The Labute approximate surface area is 134 Å². The van der Waals surface area contributed by atoms with Crippen molar-refractivity contribution in [3.05, 3.63) is 71.3 Å². The number of methoxy groups -OCH3 is 1. The predicted molar refractivity (Wildman–Crippen MR) is 83.8 cm³/mol. The lowest BCUT2D eigenvalue weighted by Crippen LogP contribution is -2.04. The molecule has 3 aromatic rings. The monoisotopic (exact) mass is 305 g/mol. The fourth-order valence-corrected chi connectivity index (χ4v) is 2.35. The van der Waals surface area contributed by atoms with Crippen LogP contribution in [0.4, 0.5) is 0 Å². The van der Waals surface area contributed by atoms with Crippen LogP contribution in [0.1, 0.15) is 22.5 Å². The molecule has 1 aromatic carbocycles. The van der Waals surface area contributed by atoms with Gasteiger partial charge in [-0.05, 0) is 41.8 Å². The molecule has 0 saturated heterocycles. The standard InChI is InChI=1S/C17H15N5O/c1-23-12-17-16(11-18)20-21-22(17)15-4-2-13(3-5-15)10-14-6-8-19-9-7-14/h2-9H,10,12H2,1H3. The summed E-state index contributed by atoms with van der Waals surface area (Å²) in [5.41, 5.74) is 4.18. The number of nitriles is 1. The summed E-state index contributed by atoms with van der Waals surface area (Å²) in [5, 5.41) is 17.0. The fourth-order valence-electron chi connectivity index (χ4n) is 2.35. The molecule has 0 spiro atoms. The van der Waals surface area contributed by atoms with Gasteiger partial charge in [-0.2, -0.15) is 5.26 Å². The van der Waals surface area contributed by atoms with Crippen LogP contribution in [0.5, 0.6) is 0 Å². The molecule has 2 aromatic heterocycles. The number of hydrogen-bond acceptors (Lipinski definition) is 5. The van der Waals surface area contributed by atoms with Gasteiger partial charge in [-0.3, -0.25) is 4.98 Å². The Morgan fingerprint density at radius 3 is 2.43 bits per heavy atom. The molecule has 114 valence electrons. The highest BCUT2D eigenvalue weighted by atomic mass is 16.5. The fraction of sp³-hybridized carbons (Fsp3) is 0.176. The lowest BCUT2D eigenvalue weighted by atomic mass is 10.1. The molecule has 0 aliphatic heterocycles. The van der Waals surface area contributed by atoms with E-state index in [1.54, 1.807) is 24.2 Å². The summed E-state index contributed by atoms with van der Waals surface area (Å²) in [7, 11) is 1.58. The largest absolute Gasteiger partial charge is 0.378 e. The molecule has 0 amide bonds. The normalized spacial score (nSPS) is 10.4. The summed E-state index contributed by atoms with van der Waals surface area (Å²) in [5.74, 6) is 0. The van der Waals surface area contributed by atoms with Crippen molar-refractivity contribution in [2.45, 2.75) is 13.0 Å². The summed E-state index contributed by atoms with van der Waals surface area (Å²) in [6.45, 7) is 0.286. The minimum absolute atomic E-state index is 0.285. The van der Waals surface area contributed by atoms with Crippen molar-refractivity contribution in [3.8, 4) is 11.8 Å². The van der Waals surface area contributed by atoms with Gasteiger partial charge in [-0.1, -0.05) is 17.3 Å². The van der Waals surface area contributed by atoms with Crippen molar-refractivity contribution < 1.29 is 4.74 Å². The van der Waals surface area contributed by atoms with Crippen LogP contribution in [0.2, 0.25) is 0 Å². The van der Waals surface area contributed by atoms with Crippen molar-refractivity contribution in [2.24, 2.45) is 0 Å². The van der Waals surface area contributed by atoms with Crippen molar-refractivity contribution in [3.63, 3.8) is 0 Å². The van der Waals surface area contributed by atoms with Gasteiger partial charge in [0.05, 0.1) is 12.3 Å². The number of aromatic nitrogens is 4. The summed E-state index contributed by atoms with van der Waals surface area (Å²) in [6.07, 6.45) is 4.42. The molecule has 3 rings (SSSR count). The molecule has 2 heterocycles. The number of benzene rings is 1. The quantitative estimate of drug-likeness (QED) is 0.722. The number of rotatable bonds is 5. The van der Waals surface area contributed by atoms with Crippen molar-refractivity contribution in [1.82, 2.24) is 20.0 Å². The van der Waals surface area contributed by atoms with Crippen LogP contribution < -0.4 is 0 Å². The molecule has 0 saturated carbocycles. The van der Waals surface area contributed by atoms with E-state index in [1.807, 2.05) is 42.5 Å². The Morgan fingerprint density at radius 1 is 1.09 bits per heavy atom. The van der Waals surface area contributed by atoms with Crippen LogP contribution in [0.25, 0.3) is 5.69 Å². The van der Waals surface area contributed by atoms with Gasteiger partial charge >= 0.3 is 0 Å². The van der Waals surface area contributed by atoms with Gasteiger partial charge in [0.2, 0.25) is 0 Å². The van der Waals surface area contributed by atoms with Gasteiger partial charge in [0.1, 0.15) is 11.8 Å². The highest BCUT2D eigenvalue weighted by Gasteiger charge is 2.13. The first-order valence-electron chi connectivity index (χ1n) is 7.13. The lowest BCUT2D eigenvalue weighted by Gasteiger charge is -2.07. The van der Waals surface area contributed by atoms with E-state index in [0.717, 1.165) is 12.1 Å². The molecule has 6 heteroatoms. The van der Waals surface area contributed by atoms with E-state index in [9.17, 15) is 0 Å². The van der Waals surface area contributed by atoms with Crippen LogP contribution in [-0.2, 0) is 17.8 Å². The highest BCUT2D eigenvalue weighted by Crippen LogP contribution is 2.16. The van der Waals surface area contributed by atoms with Gasteiger partial charge in [0.15, 0.2) is 5.69 Å². The average molecular weight is 305 g/mol. The summed E-state index contributed by atoms with van der Waals surface area (Å²) >= 11 is 0. The van der Waals surface area contributed by atoms with Gasteiger partial charge in [-0.15, -0.1) is 5.10 Å². The molecule has 0 aliphatic rings. The predicted octanol–water partition coefficient (Wildman–Crippen LogP) is 2.27. The second-order valence-corrected chi connectivity index (χ2v) is 5.04. The molecular weight excluding hydrogens is 290 g/mol. The second-order valence-electron chi connectivity index (χ2n) is 5.04. The van der Waals surface area contributed by atoms with Crippen LogP contribution >= 0.6 is 0 Å². The number of nitrogens with zero attached hydrogens (tertiary/aromatic N) is 5. The molecule has 23 heavy (non-hydrogen) atoms. The maximum atomic E-state index is 9.09.